The molecule has 0 spiro atoms. The zero-order chi connectivity index (χ0) is 14.6. The van der Waals surface area contributed by atoms with Gasteiger partial charge in [-0.2, -0.15) is 0 Å². The van der Waals surface area contributed by atoms with Crippen LogP contribution in [-0.2, 0) is 20.2 Å². The average molecular weight is 295 g/mol. The summed E-state index contributed by atoms with van der Waals surface area (Å²) in [4.78, 5) is 12.0. The zero-order valence-electron chi connectivity index (χ0n) is 11.8. The monoisotopic (exact) mass is 295 g/mol. The van der Waals surface area contributed by atoms with Gasteiger partial charge in [0.15, 0.2) is 0 Å². The molecule has 0 saturated heterocycles. The van der Waals surface area contributed by atoms with Crippen molar-refractivity contribution in [3.8, 4) is 0 Å². The van der Waals surface area contributed by atoms with E-state index in [1.165, 1.54) is 0 Å². The molecule has 0 radical (unpaired) electrons. The molecule has 0 atom stereocenters. The Kier molecular flexibility index (Phi) is 4.48. The predicted molar refractivity (Wildman–Crippen MR) is 79.1 cm³/mol. The van der Waals surface area contributed by atoms with E-state index in [4.69, 9.17) is 0 Å². The fraction of sp³-hybridized carbons (Fsp3) is 0.533. The Labute approximate surface area is 120 Å². The maximum atomic E-state index is 12.0. The normalized spacial score (nSPS) is 17.9. The number of hydrogen-bond acceptors (Lipinski definition) is 3. The van der Waals surface area contributed by atoms with Crippen molar-refractivity contribution in [1.29, 1.82) is 0 Å². The Bertz CT molecular complexity index is 560. The fourth-order valence-electron chi connectivity index (χ4n) is 2.83. The Balaban J connectivity index is 2.09. The Hall–Kier alpha value is -1.36. The number of carbonyl (C=O) groups excluding carboxylic acids is 1. The first-order chi connectivity index (χ1) is 9.41. The van der Waals surface area contributed by atoms with Gasteiger partial charge in [0, 0.05) is 12.7 Å². The number of benzene rings is 1. The van der Waals surface area contributed by atoms with E-state index in [2.05, 4.69) is 5.32 Å². The summed E-state index contributed by atoms with van der Waals surface area (Å²) in [5, 5.41) is 3.08. The molecule has 2 rings (SSSR count). The number of hydrogen-bond donors (Lipinski definition) is 1. The van der Waals surface area contributed by atoms with Crippen LogP contribution in [0.3, 0.4) is 0 Å². The van der Waals surface area contributed by atoms with Crippen LogP contribution in [0.15, 0.2) is 30.3 Å². The molecular formula is C15H21NO3S. The van der Waals surface area contributed by atoms with Crippen LogP contribution in [0.5, 0.6) is 0 Å². The third-order valence-electron chi connectivity index (χ3n) is 3.86. The van der Waals surface area contributed by atoms with Gasteiger partial charge in [0.25, 0.3) is 0 Å². The summed E-state index contributed by atoms with van der Waals surface area (Å²) in [6, 6.07) is 9.96. The summed E-state index contributed by atoms with van der Waals surface area (Å²) in [5.74, 6) is -0.273. The van der Waals surface area contributed by atoms with E-state index in [1.54, 1.807) is 0 Å². The lowest BCUT2D eigenvalue weighted by molar-refractivity contribution is -0.122. The molecule has 0 bridgehead atoms. The molecule has 1 aliphatic carbocycles. The SMILES string of the molecule is CS(=O)(=O)CCC(=O)NC1(c2ccccc2)CCCC1. The van der Waals surface area contributed by atoms with Crippen LogP contribution in [0, 0.1) is 0 Å². The minimum absolute atomic E-state index is 0.0351. The fourth-order valence-corrected chi connectivity index (χ4v) is 3.39. The van der Waals surface area contributed by atoms with Gasteiger partial charge in [0.1, 0.15) is 9.84 Å². The van der Waals surface area contributed by atoms with Crippen LogP contribution in [0.1, 0.15) is 37.7 Å². The van der Waals surface area contributed by atoms with Gasteiger partial charge in [-0.1, -0.05) is 43.2 Å². The van der Waals surface area contributed by atoms with E-state index in [9.17, 15) is 13.2 Å². The Morgan fingerprint density at radius 1 is 1.20 bits per heavy atom. The number of rotatable bonds is 5. The molecule has 0 aliphatic heterocycles. The Morgan fingerprint density at radius 2 is 1.80 bits per heavy atom. The molecule has 0 heterocycles. The number of amides is 1. The molecule has 1 fully saturated rings. The van der Waals surface area contributed by atoms with Gasteiger partial charge in [0.05, 0.1) is 11.3 Å². The molecule has 1 aromatic rings. The highest BCUT2D eigenvalue weighted by atomic mass is 32.2. The number of carbonyl (C=O) groups is 1. The van der Waals surface area contributed by atoms with Crippen molar-refractivity contribution in [3.63, 3.8) is 0 Å². The van der Waals surface area contributed by atoms with Crippen molar-refractivity contribution in [2.45, 2.75) is 37.6 Å². The summed E-state index contributed by atoms with van der Waals surface area (Å²) in [6.45, 7) is 0. The first-order valence-electron chi connectivity index (χ1n) is 6.96. The molecule has 4 nitrogen and oxygen atoms in total. The van der Waals surface area contributed by atoms with Crippen LogP contribution >= 0.6 is 0 Å². The minimum Gasteiger partial charge on any atom is -0.347 e. The van der Waals surface area contributed by atoms with Crippen LogP contribution in [-0.4, -0.2) is 26.3 Å². The molecule has 1 N–H and O–H groups in total. The maximum absolute atomic E-state index is 12.0. The molecule has 1 amide bonds. The van der Waals surface area contributed by atoms with Crippen molar-refractivity contribution in [2.24, 2.45) is 0 Å². The van der Waals surface area contributed by atoms with E-state index >= 15 is 0 Å². The van der Waals surface area contributed by atoms with E-state index in [1.807, 2.05) is 30.3 Å². The van der Waals surface area contributed by atoms with Gasteiger partial charge < -0.3 is 5.32 Å². The molecule has 110 valence electrons. The van der Waals surface area contributed by atoms with Crippen LogP contribution in [0.4, 0.5) is 0 Å². The van der Waals surface area contributed by atoms with E-state index < -0.39 is 9.84 Å². The highest BCUT2D eigenvalue weighted by molar-refractivity contribution is 7.90. The molecule has 0 unspecified atom stereocenters. The van der Waals surface area contributed by atoms with Crippen molar-refractivity contribution in [1.82, 2.24) is 5.32 Å². The standard InChI is InChI=1S/C15H21NO3S/c1-20(18,19)12-9-14(17)16-15(10-5-6-11-15)13-7-3-2-4-8-13/h2-4,7-8H,5-6,9-12H2,1H3,(H,16,17). The van der Waals surface area contributed by atoms with E-state index in [0.717, 1.165) is 37.5 Å². The number of sulfone groups is 1. The summed E-state index contributed by atoms with van der Waals surface area (Å²) in [7, 11) is -3.10. The second-order valence-corrected chi connectivity index (χ2v) is 7.84. The summed E-state index contributed by atoms with van der Waals surface area (Å²) >= 11 is 0. The second-order valence-electron chi connectivity index (χ2n) is 5.58. The van der Waals surface area contributed by atoms with E-state index in [0.29, 0.717) is 0 Å². The summed E-state index contributed by atoms with van der Waals surface area (Å²) in [6.07, 6.45) is 5.20. The largest absolute Gasteiger partial charge is 0.347 e. The van der Waals surface area contributed by atoms with Crippen LogP contribution in [0.25, 0.3) is 0 Å². The molecule has 1 aromatic carbocycles. The molecule has 0 aromatic heterocycles. The zero-order valence-corrected chi connectivity index (χ0v) is 12.6. The molecule has 1 saturated carbocycles. The molecule has 20 heavy (non-hydrogen) atoms. The smallest absolute Gasteiger partial charge is 0.221 e. The lowest BCUT2D eigenvalue weighted by atomic mass is 9.88. The first kappa shape index (κ1) is 15.0. The van der Waals surface area contributed by atoms with Crippen molar-refractivity contribution >= 4 is 15.7 Å². The van der Waals surface area contributed by atoms with E-state index in [-0.39, 0.29) is 23.6 Å². The van der Waals surface area contributed by atoms with Gasteiger partial charge in [-0.3, -0.25) is 4.79 Å². The molecule has 5 heteroatoms. The predicted octanol–water partition coefficient (Wildman–Crippen LogP) is 2.01. The Morgan fingerprint density at radius 3 is 2.35 bits per heavy atom. The highest BCUT2D eigenvalue weighted by Crippen LogP contribution is 2.38. The number of nitrogens with one attached hydrogen (secondary N) is 1. The van der Waals surface area contributed by atoms with Gasteiger partial charge in [-0.25, -0.2) is 8.42 Å². The minimum atomic E-state index is -3.10. The summed E-state index contributed by atoms with van der Waals surface area (Å²) < 4.78 is 22.3. The topological polar surface area (TPSA) is 63.2 Å². The third kappa shape index (κ3) is 3.82. The molecular weight excluding hydrogens is 274 g/mol. The van der Waals surface area contributed by atoms with Gasteiger partial charge in [0.2, 0.25) is 5.91 Å². The third-order valence-corrected chi connectivity index (χ3v) is 4.81. The second kappa shape index (κ2) is 5.95. The first-order valence-corrected chi connectivity index (χ1v) is 9.02. The van der Waals surface area contributed by atoms with Crippen LogP contribution in [0.2, 0.25) is 0 Å². The summed E-state index contributed by atoms with van der Waals surface area (Å²) in [5.41, 5.74) is 0.806. The van der Waals surface area contributed by atoms with Gasteiger partial charge >= 0.3 is 0 Å². The van der Waals surface area contributed by atoms with Crippen molar-refractivity contribution in [2.75, 3.05) is 12.0 Å². The van der Waals surface area contributed by atoms with Gasteiger partial charge in [-0.05, 0) is 18.4 Å². The lowest BCUT2D eigenvalue weighted by Crippen LogP contribution is -2.44. The average Bonchev–Trinajstić information content (AvgIpc) is 2.86. The van der Waals surface area contributed by atoms with Crippen molar-refractivity contribution in [3.05, 3.63) is 35.9 Å². The lowest BCUT2D eigenvalue weighted by Gasteiger charge is -2.31. The maximum Gasteiger partial charge on any atom is 0.221 e. The quantitative estimate of drug-likeness (QED) is 0.903. The van der Waals surface area contributed by atoms with Crippen molar-refractivity contribution < 1.29 is 13.2 Å². The highest BCUT2D eigenvalue weighted by Gasteiger charge is 2.36. The van der Waals surface area contributed by atoms with Gasteiger partial charge in [-0.15, -0.1) is 0 Å². The van der Waals surface area contributed by atoms with Crippen LogP contribution < -0.4 is 5.32 Å². The molecule has 1 aliphatic rings.